The van der Waals surface area contributed by atoms with Crippen LogP contribution in [0, 0.1) is 0 Å². The third kappa shape index (κ3) is 4.72. The molecular formula is C22H22F3N5O7S2. The van der Waals surface area contributed by atoms with Gasteiger partial charge in [0.05, 0.1) is 42.2 Å². The number of sulfone groups is 1. The van der Waals surface area contributed by atoms with Gasteiger partial charge in [-0.05, 0) is 48.7 Å². The van der Waals surface area contributed by atoms with Crippen LogP contribution >= 0.6 is 0 Å². The zero-order chi connectivity index (χ0) is 28.2. The van der Waals surface area contributed by atoms with Crippen molar-refractivity contribution in [3.63, 3.8) is 0 Å². The second-order valence-electron chi connectivity index (χ2n) is 9.14. The van der Waals surface area contributed by atoms with Gasteiger partial charge in [0.25, 0.3) is 15.7 Å². The van der Waals surface area contributed by atoms with E-state index in [9.17, 15) is 39.6 Å². The molecule has 1 aromatic heterocycles. The quantitative estimate of drug-likeness (QED) is 0.482. The average Bonchev–Trinajstić information content (AvgIpc) is 3.67. The molecule has 1 saturated carbocycles. The molecule has 0 unspecified atom stereocenters. The van der Waals surface area contributed by atoms with E-state index >= 15 is 0 Å². The lowest BCUT2D eigenvalue weighted by Gasteiger charge is -2.27. The molecule has 0 radical (unpaired) electrons. The summed E-state index contributed by atoms with van der Waals surface area (Å²) in [5, 5.41) is 0. The number of hydrogen-bond acceptors (Lipinski definition) is 8. The van der Waals surface area contributed by atoms with Gasteiger partial charge in [-0.2, -0.15) is 25.9 Å². The second kappa shape index (κ2) is 9.42. The summed E-state index contributed by atoms with van der Waals surface area (Å²) in [5.74, 6) is -0.608. The molecule has 39 heavy (non-hydrogen) atoms. The van der Waals surface area contributed by atoms with Crippen molar-refractivity contribution >= 4 is 43.4 Å². The first kappa shape index (κ1) is 27.3. The van der Waals surface area contributed by atoms with Gasteiger partial charge in [-0.3, -0.25) is 14.5 Å². The zero-order valence-corrected chi connectivity index (χ0v) is 21.7. The van der Waals surface area contributed by atoms with Gasteiger partial charge in [-0.1, -0.05) is 0 Å². The van der Waals surface area contributed by atoms with E-state index in [-0.39, 0.29) is 44.2 Å². The number of urea groups is 1. The maximum absolute atomic E-state index is 13.4. The summed E-state index contributed by atoms with van der Waals surface area (Å²) in [6.45, 7) is 0.640. The lowest BCUT2D eigenvalue weighted by molar-refractivity contribution is -0.120. The van der Waals surface area contributed by atoms with Gasteiger partial charge in [0.1, 0.15) is 5.54 Å². The lowest BCUT2D eigenvalue weighted by atomic mass is 10.1. The van der Waals surface area contributed by atoms with Crippen LogP contribution in [-0.4, -0.2) is 80.3 Å². The molecular weight excluding hydrogens is 567 g/mol. The van der Waals surface area contributed by atoms with E-state index < -0.39 is 47.9 Å². The van der Waals surface area contributed by atoms with Gasteiger partial charge in [-0.15, -0.1) is 0 Å². The highest BCUT2D eigenvalue weighted by molar-refractivity contribution is 7.92. The summed E-state index contributed by atoms with van der Waals surface area (Å²) in [4.78, 5) is 31.7. The number of amides is 3. The number of hydrogen-bond donors (Lipinski definition) is 1. The molecule has 210 valence electrons. The number of aromatic nitrogens is 1. The minimum atomic E-state index is -5.60. The Kier molecular flexibility index (Phi) is 6.60. The molecule has 12 nitrogen and oxygen atoms in total. The smallest absolute Gasteiger partial charge is 0.379 e. The summed E-state index contributed by atoms with van der Waals surface area (Å²) in [5.41, 5.74) is -6.32. The Bertz CT molecular complexity index is 1520. The van der Waals surface area contributed by atoms with Crippen LogP contribution < -0.4 is 9.62 Å². The number of anilines is 2. The van der Waals surface area contributed by atoms with Crippen LogP contribution in [0.15, 0.2) is 47.6 Å². The van der Waals surface area contributed by atoms with Crippen molar-refractivity contribution in [3.05, 3.63) is 48.3 Å². The number of rotatable bonds is 7. The van der Waals surface area contributed by atoms with E-state index in [0.29, 0.717) is 30.5 Å². The highest BCUT2D eigenvalue weighted by Gasteiger charge is 2.65. The maximum Gasteiger partial charge on any atom is 0.501 e. The maximum atomic E-state index is 13.4. The number of ether oxygens (including phenoxy) is 1. The van der Waals surface area contributed by atoms with Gasteiger partial charge < -0.3 is 9.64 Å². The Morgan fingerprint density at radius 3 is 2.23 bits per heavy atom. The molecule has 2 aliphatic heterocycles. The zero-order valence-electron chi connectivity index (χ0n) is 20.1. The molecule has 5 rings (SSSR count). The van der Waals surface area contributed by atoms with Crippen LogP contribution in [0.3, 0.4) is 0 Å². The van der Waals surface area contributed by atoms with E-state index in [1.54, 1.807) is 0 Å². The number of nitrogens with zero attached hydrogens (tertiary/aromatic N) is 4. The van der Waals surface area contributed by atoms with Gasteiger partial charge in [0, 0.05) is 19.3 Å². The van der Waals surface area contributed by atoms with Crippen molar-refractivity contribution in [2.45, 2.75) is 35.3 Å². The molecule has 2 saturated heterocycles. The van der Waals surface area contributed by atoms with E-state index in [1.807, 2.05) is 0 Å². The van der Waals surface area contributed by atoms with Crippen LogP contribution in [0.2, 0.25) is 0 Å². The van der Waals surface area contributed by atoms with Gasteiger partial charge in [-0.25, -0.2) is 18.1 Å². The van der Waals surface area contributed by atoms with Gasteiger partial charge in [0.2, 0.25) is 0 Å². The molecule has 3 aliphatic rings. The average molecular weight is 590 g/mol. The van der Waals surface area contributed by atoms with Crippen molar-refractivity contribution in [1.82, 2.24) is 14.2 Å². The Morgan fingerprint density at radius 2 is 1.64 bits per heavy atom. The van der Waals surface area contributed by atoms with E-state index in [2.05, 4.69) is 9.71 Å². The SMILES string of the molecule is O=C1N(c2ccc(S(=O)(=O)C(F)(F)F)cc2)C(=O)C2(CC2)N1Cc1ccncc1NS(=O)(=O)N1CCOCC1. The summed E-state index contributed by atoms with van der Waals surface area (Å²) >= 11 is 0. The fourth-order valence-corrected chi connectivity index (χ4v) is 6.47. The monoisotopic (exact) mass is 589 g/mol. The van der Waals surface area contributed by atoms with Crippen molar-refractivity contribution in [3.8, 4) is 0 Å². The van der Waals surface area contributed by atoms with Crippen LogP contribution in [0.5, 0.6) is 0 Å². The van der Waals surface area contributed by atoms with Crippen molar-refractivity contribution in [1.29, 1.82) is 0 Å². The number of imide groups is 1. The molecule has 0 atom stereocenters. The topological polar surface area (TPSA) is 146 Å². The van der Waals surface area contributed by atoms with E-state index in [4.69, 9.17) is 4.74 Å². The molecule has 1 aromatic carbocycles. The molecule has 0 bridgehead atoms. The number of halogens is 3. The molecule has 2 aromatic rings. The third-order valence-electron chi connectivity index (χ3n) is 6.76. The summed E-state index contributed by atoms with van der Waals surface area (Å²) in [6, 6.07) is 4.02. The Labute approximate surface area is 221 Å². The summed E-state index contributed by atoms with van der Waals surface area (Å²) in [6.07, 6.45) is 3.34. The lowest BCUT2D eigenvalue weighted by Crippen LogP contribution is -2.43. The number of carbonyl (C=O) groups is 2. The largest absolute Gasteiger partial charge is 0.501 e. The van der Waals surface area contributed by atoms with Crippen molar-refractivity contribution in [2.24, 2.45) is 0 Å². The summed E-state index contributed by atoms with van der Waals surface area (Å²) in [7, 11) is -9.56. The molecule has 1 aliphatic carbocycles. The van der Waals surface area contributed by atoms with Crippen molar-refractivity contribution < 1.29 is 44.3 Å². The minimum absolute atomic E-state index is 0.0946. The van der Waals surface area contributed by atoms with Crippen LogP contribution in [0.1, 0.15) is 18.4 Å². The molecule has 1 N–H and O–H groups in total. The fraction of sp³-hybridized carbons (Fsp3) is 0.409. The van der Waals surface area contributed by atoms with Crippen LogP contribution in [0.25, 0.3) is 0 Å². The van der Waals surface area contributed by atoms with Crippen molar-refractivity contribution in [2.75, 3.05) is 35.9 Å². The van der Waals surface area contributed by atoms with Gasteiger partial charge >= 0.3 is 21.7 Å². The number of morpholine rings is 1. The minimum Gasteiger partial charge on any atom is -0.379 e. The second-order valence-corrected chi connectivity index (χ2v) is 12.7. The molecule has 3 fully saturated rings. The molecule has 1 spiro atoms. The predicted octanol–water partition coefficient (Wildman–Crippen LogP) is 1.87. The number of pyridine rings is 1. The number of benzene rings is 1. The van der Waals surface area contributed by atoms with Crippen LogP contribution in [-0.2, 0) is 36.1 Å². The Hall–Kier alpha value is -3.28. The summed E-state index contributed by atoms with van der Waals surface area (Å²) < 4.78 is 96.6. The highest BCUT2D eigenvalue weighted by atomic mass is 32.2. The highest BCUT2D eigenvalue weighted by Crippen LogP contribution is 2.50. The first-order chi connectivity index (χ1) is 18.3. The van der Waals surface area contributed by atoms with E-state index in [1.165, 1.54) is 27.7 Å². The van der Waals surface area contributed by atoms with Crippen LogP contribution in [0.4, 0.5) is 29.3 Å². The fourth-order valence-electron chi connectivity index (χ4n) is 4.48. The first-order valence-electron chi connectivity index (χ1n) is 11.6. The third-order valence-corrected chi connectivity index (χ3v) is 9.79. The Morgan fingerprint density at radius 1 is 1.00 bits per heavy atom. The Balaban J connectivity index is 1.40. The molecule has 17 heteroatoms. The first-order valence-corrected chi connectivity index (χ1v) is 14.6. The normalized spacial score (nSPS) is 20.1. The molecule has 3 heterocycles. The molecule has 3 amide bonds. The predicted molar refractivity (Wildman–Crippen MR) is 129 cm³/mol. The van der Waals surface area contributed by atoms with Gasteiger partial charge in [0.15, 0.2) is 0 Å². The number of carbonyl (C=O) groups excluding carboxylic acids is 2. The standard InChI is InChI=1S/C22H22F3N5O7S2/c23-22(24,25)38(33,34)17-3-1-16(2-4-17)30-19(31)21(6-7-21)29(20(30)32)14-15-5-8-26-13-18(15)27-39(35,36)28-9-11-37-12-10-28/h1-5,8,13,27H,6-7,9-12,14H2. The number of nitrogens with one attached hydrogen (secondary N) is 1. The number of alkyl halides is 3. The van der Waals surface area contributed by atoms with E-state index in [0.717, 1.165) is 17.0 Å².